The molecule has 15 heavy (non-hydrogen) atoms. The van der Waals surface area contributed by atoms with E-state index in [1.807, 2.05) is 12.1 Å². The van der Waals surface area contributed by atoms with E-state index < -0.39 is 5.97 Å². The predicted octanol–water partition coefficient (Wildman–Crippen LogP) is 3.39. The molecule has 0 heterocycles. The van der Waals surface area contributed by atoms with E-state index in [-0.39, 0.29) is 0 Å². The standard InChI is InChI=1S/C10H9BrClNO2/c1-6(13-15-7(2)14)9-5-8(11)3-4-10(9)12/h3-5H,1-2H3/b13-6+. The van der Waals surface area contributed by atoms with Crippen molar-refractivity contribution in [2.45, 2.75) is 13.8 Å². The molecule has 3 nitrogen and oxygen atoms in total. The van der Waals surface area contributed by atoms with Crippen molar-refractivity contribution in [2.24, 2.45) is 5.16 Å². The third-order valence-electron chi connectivity index (χ3n) is 1.63. The number of hydrogen-bond acceptors (Lipinski definition) is 3. The van der Waals surface area contributed by atoms with Crippen LogP contribution in [0.2, 0.25) is 5.02 Å². The Labute approximate surface area is 101 Å². The van der Waals surface area contributed by atoms with Gasteiger partial charge in [-0.1, -0.05) is 32.7 Å². The van der Waals surface area contributed by atoms with Gasteiger partial charge in [-0.3, -0.25) is 0 Å². The van der Waals surface area contributed by atoms with Crippen molar-refractivity contribution in [3.8, 4) is 0 Å². The minimum Gasteiger partial charge on any atom is -0.318 e. The first-order chi connectivity index (χ1) is 7.00. The van der Waals surface area contributed by atoms with Crippen LogP contribution in [0.3, 0.4) is 0 Å². The SMILES string of the molecule is CC(=O)O/N=C(\C)c1cc(Br)ccc1Cl. The Hall–Kier alpha value is -0.870. The van der Waals surface area contributed by atoms with Gasteiger partial charge in [0.2, 0.25) is 0 Å². The summed E-state index contributed by atoms with van der Waals surface area (Å²) in [4.78, 5) is 15.1. The van der Waals surface area contributed by atoms with Gasteiger partial charge in [-0.15, -0.1) is 0 Å². The predicted molar refractivity (Wildman–Crippen MR) is 63.1 cm³/mol. The van der Waals surface area contributed by atoms with Crippen molar-refractivity contribution < 1.29 is 9.63 Å². The number of nitrogens with zero attached hydrogens (tertiary/aromatic N) is 1. The van der Waals surface area contributed by atoms with Gasteiger partial charge in [0.1, 0.15) is 0 Å². The molecule has 0 atom stereocenters. The molecule has 0 aromatic heterocycles. The van der Waals surface area contributed by atoms with E-state index >= 15 is 0 Å². The van der Waals surface area contributed by atoms with Crippen LogP contribution >= 0.6 is 27.5 Å². The maximum absolute atomic E-state index is 10.6. The van der Waals surface area contributed by atoms with Crippen LogP contribution < -0.4 is 0 Å². The van der Waals surface area contributed by atoms with Gasteiger partial charge in [0.25, 0.3) is 0 Å². The summed E-state index contributed by atoms with van der Waals surface area (Å²) in [5.74, 6) is -0.458. The fourth-order valence-corrected chi connectivity index (χ4v) is 1.57. The largest absolute Gasteiger partial charge is 0.331 e. The third-order valence-corrected chi connectivity index (χ3v) is 2.45. The molecule has 5 heteroatoms. The molecule has 1 rings (SSSR count). The number of benzene rings is 1. The van der Waals surface area contributed by atoms with Crippen molar-refractivity contribution in [2.75, 3.05) is 0 Å². The second-order valence-corrected chi connectivity index (χ2v) is 4.21. The summed E-state index contributed by atoms with van der Waals surface area (Å²) < 4.78 is 0.888. The van der Waals surface area contributed by atoms with Crippen LogP contribution in [0.1, 0.15) is 19.4 Å². The first-order valence-corrected chi connectivity index (χ1v) is 5.35. The van der Waals surface area contributed by atoms with Crippen molar-refractivity contribution in [1.82, 2.24) is 0 Å². The summed E-state index contributed by atoms with van der Waals surface area (Å²) in [6, 6.07) is 5.38. The molecule has 0 aliphatic rings. The maximum Gasteiger partial charge on any atom is 0.331 e. The molecule has 0 saturated heterocycles. The van der Waals surface area contributed by atoms with Crippen molar-refractivity contribution in [1.29, 1.82) is 0 Å². The van der Waals surface area contributed by atoms with E-state index in [1.165, 1.54) is 6.92 Å². The lowest BCUT2D eigenvalue weighted by atomic mass is 10.1. The number of oxime groups is 1. The van der Waals surface area contributed by atoms with Crippen LogP contribution in [-0.4, -0.2) is 11.7 Å². The van der Waals surface area contributed by atoms with Gasteiger partial charge >= 0.3 is 5.97 Å². The fourth-order valence-electron chi connectivity index (χ4n) is 0.957. The number of carbonyl (C=O) groups is 1. The van der Waals surface area contributed by atoms with Gasteiger partial charge in [0, 0.05) is 22.0 Å². The topological polar surface area (TPSA) is 38.7 Å². The quantitative estimate of drug-likeness (QED) is 0.476. The van der Waals surface area contributed by atoms with Gasteiger partial charge in [-0.05, 0) is 25.1 Å². The Morgan fingerprint density at radius 3 is 2.73 bits per heavy atom. The van der Waals surface area contributed by atoms with E-state index in [1.54, 1.807) is 13.0 Å². The summed E-state index contributed by atoms with van der Waals surface area (Å²) in [5, 5.41) is 4.22. The Bertz CT molecular complexity index is 418. The minimum atomic E-state index is -0.458. The molecule has 0 aliphatic carbocycles. The van der Waals surface area contributed by atoms with Crippen LogP contribution in [0.15, 0.2) is 27.8 Å². The summed E-state index contributed by atoms with van der Waals surface area (Å²) in [6.07, 6.45) is 0. The highest BCUT2D eigenvalue weighted by atomic mass is 79.9. The van der Waals surface area contributed by atoms with E-state index in [0.717, 1.165) is 10.0 Å². The molecule has 0 unspecified atom stereocenters. The monoisotopic (exact) mass is 289 g/mol. The highest BCUT2D eigenvalue weighted by Crippen LogP contribution is 2.21. The zero-order valence-corrected chi connectivity index (χ0v) is 10.6. The van der Waals surface area contributed by atoms with Gasteiger partial charge in [0.15, 0.2) is 0 Å². The summed E-state index contributed by atoms with van der Waals surface area (Å²) in [6.45, 7) is 3.01. The molecular formula is C10H9BrClNO2. The van der Waals surface area contributed by atoms with Gasteiger partial charge in [-0.2, -0.15) is 0 Å². The van der Waals surface area contributed by atoms with Crippen molar-refractivity contribution in [3.63, 3.8) is 0 Å². The molecule has 0 spiro atoms. The molecule has 1 aromatic carbocycles. The lowest BCUT2D eigenvalue weighted by Crippen LogP contribution is -2.00. The molecule has 0 N–H and O–H groups in total. The summed E-state index contributed by atoms with van der Waals surface area (Å²) in [5.41, 5.74) is 1.28. The Kier molecular flexibility index (Phi) is 4.29. The lowest BCUT2D eigenvalue weighted by molar-refractivity contribution is -0.140. The van der Waals surface area contributed by atoms with Crippen LogP contribution in [0.5, 0.6) is 0 Å². The maximum atomic E-state index is 10.6. The zero-order valence-electron chi connectivity index (χ0n) is 8.25. The van der Waals surface area contributed by atoms with Gasteiger partial charge in [0.05, 0.1) is 5.71 Å². The molecule has 0 radical (unpaired) electrons. The minimum absolute atomic E-state index is 0.458. The van der Waals surface area contributed by atoms with Crippen LogP contribution in [0, 0.1) is 0 Å². The normalized spacial score (nSPS) is 11.3. The van der Waals surface area contributed by atoms with Gasteiger partial charge < -0.3 is 4.84 Å². The second kappa shape index (κ2) is 5.28. The van der Waals surface area contributed by atoms with Crippen LogP contribution in [-0.2, 0) is 9.63 Å². The van der Waals surface area contributed by atoms with E-state index in [9.17, 15) is 4.79 Å². The molecule has 1 aromatic rings. The third kappa shape index (κ3) is 3.64. The Morgan fingerprint density at radius 2 is 2.13 bits per heavy atom. The average molecular weight is 291 g/mol. The van der Waals surface area contributed by atoms with Crippen molar-refractivity contribution in [3.05, 3.63) is 33.3 Å². The summed E-state index contributed by atoms with van der Waals surface area (Å²) >= 11 is 9.29. The highest BCUT2D eigenvalue weighted by molar-refractivity contribution is 9.10. The molecule has 0 amide bonds. The number of rotatable bonds is 2. The molecule has 80 valence electrons. The number of hydrogen-bond donors (Lipinski definition) is 0. The van der Waals surface area contributed by atoms with E-state index in [2.05, 4.69) is 25.9 Å². The Morgan fingerprint density at radius 1 is 1.47 bits per heavy atom. The second-order valence-electron chi connectivity index (χ2n) is 2.88. The van der Waals surface area contributed by atoms with E-state index in [4.69, 9.17) is 11.6 Å². The highest BCUT2D eigenvalue weighted by Gasteiger charge is 2.05. The average Bonchev–Trinajstić information content (AvgIpc) is 2.18. The summed E-state index contributed by atoms with van der Waals surface area (Å²) in [7, 11) is 0. The van der Waals surface area contributed by atoms with Crippen LogP contribution in [0.25, 0.3) is 0 Å². The Balaban J connectivity index is 2.99. The lowest BCUT2D eigenvalue weighted by Gasteiger charge is -2.03. The number of halogens is 2. The fraction of sp³-hybridized carbons (Fsp3) is 0.200. The first kappa shape index (κ1) is 12.2. The molecule has 0 saturated carbocycles. The van der Waals surface area contributed by atoms with Crippen molar-refractivity contribution >= 4 is 39.2 Å². The number of carbonyl (C=O) groups excluding carboxylic acids is 1. The van der Waals surface area contributed by atoms with E-state index in [0.29, 0.717) is 10.7 Å². The molecule has 0 fully saturated rings. The smallest absolute Gasteiger partial charge is 0.318 e. The van der Waals surface area contributed by atoms with Gasteiger partial charge in [-0.25, -0.2) is 4.79 Å². The van der Waals surface area contributed by atoms with Crippen LogP contribution in [0.4, 0.5) is 0 Å². The zero-order chi connectivity index (χ0) is 11.4. The molecule has 0 aliphatic heterocycles. The molecule has 0 bridgehead atoms. The first-order valence-electron chi connectivity index (χ1n) is 4.18. The molecular weight excluding hydrogens is 281 g/mol.